The smallest absolute Gasteiger partial charge is 0.254 e. The molecule has 1 saturated heterocycles. The molecule has 0 radical (unpaired) electrons. The fraction of sp³-hybridized carbons (Fsp3) is 0.318. The molecule has 26 heavy (non-hydrogen) atoms. The van der Waals surface area contributed by atoms with Crippen LogP contribution in [0.2, 0.25) is 0 Å². The zero-order chi connectivity index (χ0) is 17.9. The Morgan fingerprint density at radius 3 is 2.96 bits per heavy atom. The van der Waals surface area contributed by atoms with Crippen LogP contribution in [0.15, 0.2) is 54.9 Å². The van der Waals surface area contributed by atoms with Crippen LogP contribution in [0.25, 0.3) is 10.9 Å². The average molecular weight is 345 g/mol. The van der Waals surface area contributed by atoms with Gasteiger partial charge in [-0.1, -0.05) is 12.1 Å². The van der Waals surface area contributed by atoms with Gasteiger partial charge in [0.15, 0.2) is 0 Å². The molecule has 3 aromatic rings. The van der Waals surface area contributed by atoms with Crippen LogP contribution < -0.4 is 0 Å². The second kappa shape index (κ2) is 7.24. The van der Waals surface area contributed by atoms with Gasteiger partial charge in [0.25, 0.3) is 5.91 Å². The Hall–Kier alpha value is -2.75. The minimum atomic E-state index is 0.136. The minimum absolute atomic E-state index is 0.136. The van der Waals surface area contributed by atoms with Crippen LogP contribution in [0.3, 0.4) is 0 Å². The molecule has 4 rings (SSSR count). The van der Waals surface area contributed by atoms with E-state index in [9.17, 15) is 4.79 Å². The van der Waals surface area contributed by atoms with Crippen LogP contribution in [0, 0.1) is 6.92 Å². The third-order valence-corrected chi connectivity index (χ3v) is 5.24. The lowest BCUT2D eigenvalue weighted by Gasteiger charge is -2.25. The molecular weight excluding hydrogens is 322 g/mol. The third kappa shape index (κ3) is 3.32. The molecule has 4 heteroatoms. The molecule has 132 valence electrons. The predicted molar refractivity (Wildman–Crippen MR) is 103 cm³/mol. The summed E-state index contributed by atoms with van der Waals surface area (Å²) in [6.45, 7) is 2.86. The number of pyridine rings is 2. The summed E-state index contributed by atoms with van der Waals surface area (Å²) >= 11 is 0. The fourth-order valence-corrected chi connectivity index (χ4v) is 3.94. The van der Waals surface area contributed by atoms with Crippen LogP contribution in [0.5, 0.6) is 0 Å². The number of aromatic nitrogens is 2. The highest BCUT2D eigenvalue weighted by Gasteiger charge is 2.29. The van der Waals surface area contributed by atoms with Gasteiger partial charge < -0.3 is 4.90 Å². The number of rotatable bonds is 4. The Morgan fingerprint density at radius 1 is 1.15 bits per heavy atom. The van der Waals surface area contributed by atoms with Crippen molar-refractivity contribution in [2.75, 3.05) is 6.54 Å². The maximum absolute atomic E-state index is 13.2. The summed E-state index contributed by atoms with van der Waals surface area (Å²) in [5, 5.41) is 0.940. The van der Waals surface area contributed by atoms with Gasteiger partial charge >= 0.3 is 0 Å². The van der Waals surface area contributed by atoms with E-state index in [4.69, 9.17) is 0 Å². The van der Waals surface area contributed by atoms with E-state index in [1.165, 1.54) is 5.56 Å². The molecular formula is C22H23N3O. The molecule has 1 amide bonds. The van der Waals surface area contributed by atoms with Gasteiger partial charge in [0.2, 0.25) is 0 Å². The topological polar surface area (TPSA) is 46.1 Å². The lowest BCUT2D eigenvalue weighted by Crippen LogP contribution is -2.36. The van der Waals surface area contributed by atoms with E-state index in [1.807, 2.05) is 43.5 Å². The molecule has 1 fully saturated rings. The summed E-state index contributed by atoms with van der Waals surface area (Å²) in [5.41, 5.74) is 3.99. The zero-order valence-corrected chi connectivity index (χ0v) is 15.1. The molecule has 1 atom stereocenters. The summed E-state index contributed by atoms with van der Waals surface area (Å²) in [7, 11) is 0. The average Bonchev–Trinajstić information content (AvgIpc) is 3.14. The van der Waals surface area contributed by atoms with Crippen molar-refractivity contribution in [2.45, 2.75) is 38.6 Å². The first-order chi connectivity index (χ1) is 12.7. The number of likely N-dealkylation sites (tertiary alicyclic amines) is 1. The van der Waals surface area contributed by atoms with E-state index < -0.39 is 0 Å². The molecule has 0 bridgehead atoms. The number of hydrogen-bond acceptors (Lipinski definition) is 3. The van der Waals surface area contributed by atoms with Crippen molar-refractivity contribution in [3.8, 4) is 0 Å². The van der Waals surface area contributed by atoms with Crippen molar-refractivity contribution in [1.29, 1.82) is 0 Å². The summed E-state index contributed by atoms with van der Waals surface area (Å²) in [6.07, 6.45) is 7.78. The molecule has 0 aliphatic carbocycles. The quantitative estimate of drug-likeness (QED) is 0.713. The lowest BCUT2D eigenvalue weighted by molar-refractivity contribution is 0.0732. The number of hydrogen-bond donors (Lipinski definition) is 0. The van der Waals surface area contributed by atoms with Gasteiger partial charge in [-0.15, -0.1) is 0 Å². The number of fused-ring (bicyclic) bond motifs is 1. The fourth-order valence-electron chi connectivity index (χ4n) is 3.94. The van der Waals surface area contributed by atoms with E-state index >= 15 is 0 Å². The SMILES string of the molecule is Cc1cc(CCC2CCCN2C(=O)c2cccc3ncccc23)ccn1. The second-order valence-electron chi connectivity index (χ2n) is 7.01. The number of carbonyl (C=O) groups excluding carboxylic acids is 1. The van der Waals surface area contributed by atoms with Gasteiger partial charge in [0.1, 0.15) is 0 Å². The van der Waals surface area contributed by atoms with Crippen molar-refractivity contribution in [1.82, 2.24) is 14.9 Å². The van der Waals surface area contributed by atoms with Crippen LogP contribution in [0.1, 0.15) is 40.9 Å². The number of aryl methyl sites for hydroxylation is 2. The number of carbonyl (C=O) groups is 1. The maximum Gasteiger partial charge on any atom is 0.254 e. The first-order valence-electron chi connectivity index (χ1n) is 9.28. The summed E-state index contributed by atoms with van der Waals surface area (Å²) in [5.74, 6) is 0.136. The second-order valence-corrected chi connectivity index (χ2v) is 7.01. The minimum Gasteiger partial charge on any atom is -0.336 e. The summed E-state index contributed by atoms with van der Waals surface area (Å²) in [6, 6.07) is 14.2. The van der Waals surface area contributed by atoms with Crippen LogP contribution >= 0.6 is 0 Å². The van der Waals surface area contributed by atoms with Crippen LogP contribution in [0.4, 0.5) is 0 Å². The predicted octanol–water partition coefficient (Wildman–Crippen LogP) is 4.18. The summed E-state index contributed by atoms with van der Waals surface area (Å²) in [4.78, 5) is 23.9. The van der Waals surface area contributed by atoms with Crippen LogP contribution in [-0.4, -0.2) is 33.4 Å². The van der Waals surface area contributed by atoms with E-state index in [1.54, 1.807) is 6.20 Å². The Bertz CT molecular complexity index is 932. The van der Waals surface area contributed by atoms with Gasteiger partial charge in [-0.2, -0.15) is 0 Å². The van der Waals surface area contributed by atoms with Gasteiger partial charge in [0.05, 0.1) is 5.52 Å². The lowest BCUT2D eigenvalue weighted by atomic mass is 10.0. The molecule has 0 spiro atoms. The number of amides is 1. The number of benzene rings is 1. The Balaban J connectivity index is 1.53. The van der Waals surface area contributed by atoms with Crippen molar-refractivity contribution >= 4 is 16.8 Å². The number of nitrogens with zero attached hydrogens (tertiary/aromatic N) is 3. The normalized spacial score (nSPS) is 17.0. The van der Waals surface area contributed by atoms with E-state index in [0.717, 1.165) is 54.4 Å². The van der Waals surface area contributed by atoms with Gasteiger partial charge in [-0.05, 0) is 68.5 Å². The van der Waals surface area contributed by atoms with E-state index in [-0.39, 0.29) is 5.91 Å². The molecule has 2 aromatic heterocycles. The van der Waals surface area contributed by atoms with Crippen molar-refractivity contribution in [3.63, 3.8) is 0 Å². The standard InChI is InChI=1S/C22H23N3O/c1-16-15-17(11-13-23-16)9-10-18-5-4-14-25(18)22(26)20-6-2-8-21-19(20)7-3-12-24-21/h2-3,6-8,11-13,15,18H,4-5,9-10,14H2,1H3. The molecule has 0 N–H and O–H groups in total. The van der Waals surface area contributed by atoms with Crippen molar-refractivity contribution in [3.05, 3.63) is 71.7 Å². The van der Waals surface area contributed by atoms with Gasteiger partial charge in [-0.3, -0.25) is 14.8 Å². The van der Waals surface area contributed by atoms with Crippen molar-refractivity contribution < 1.29 is 4.79 Å². The van der Waals surface area contributed by atoms with E-state index in [2.05, 4.69) is 27.0 Å². The molecule has 1 aromatic carbocycles. The highest BCUT2D eigenvalue weighted by atomic mass is 16.2. The highest BCUT2D eigenvalue weighted by molar-refractivity contribution is 6.06. The Labute approximate surface area is 153 Å². The molecule has 3 heterocycles. The molecule has 0 saturated carbocycles. The Kier molecular flexibility index (Phi) is 4.65. The largest absolute Gasteiger partial charge is 0.336 e. The van der Waals surface area contributed by atoms with Gasteiger partial charge in [-0.25, -0.2) is 0 Å². The molecule has 1 unspecified atom stereocenters. The molecule has 4 nitrogen and oxygen atoms in total. The first-order valence-corrected chi connectivity index (χ1v) is 9.28. The zero-order valence-electron chi connectivity index (χ0n) is 15.1. The highest BCUT2D eigenvalue weighted by Crippen LogP contribution is 2.26. The third-order valence-electron chi connectivity index (χ3n) is 5.24. The monoisotopic (exact) mass is 345 g/mol. The van der Waals surface area contributed by atoms with Crippen molar-refractivity contribution in [2.24, 2.45) is 0 Å². The Morgan fingerprint density at radius 2 is 2.08 bits per heavy atom. The summed E-state index contributed by atoms with van der Waals surface area (Å²) < 4.78 is 0. The van der Waals surface area contributed by atoms with E-state index in [0.29, 0.717) is 6.04 Å². The molecule has 1 aliphatic rings. The molecule has 1 aliphatic heterocycles. The van der Waals surface area contributed by atoms with Crippen LogP contribution in [-0.2, 0) is 6.42 Å². The maximum atomic E-state index is 13.2. The van der Waals surface area contributed by atoms with Gasteiger partial charge in [0, 0.05) is 41.6 Å². The first kappa shape index (κ1) is 16.7.